The first-order valence-corrected chi connectivity index (χ1v) is 22.9. The van der Waals surface area contributed by atoms with Crippen LogP contribution in [-0.4, -0.2) is 75.4 Å². The van der Waals surface area contributed by atoms with Gasteiger partial charge in [-0.15, -0.1) is 0 Å². The van der Waals surface area contributed by atoms with Gasteiger partial charge < -0.3 is 20.4 Å². The molecule has 4 aromatic carbocycles. The standard InChI is InChI=1S/C42H46N4O4S5/c1-29-7-3-5-25-45(29)41(51)53-27-39(47)43-35-17-9-31(10-18-35)33-13-21-37(22-14-33)55(49,50)38-23-15-34(16-24-38)32-11-19-36(20-12-32)44-40(48)28-54-42(52)46-26-6-4-8-30(46)2/h9-24,29-30H,3-8,25-28H2,1-2H3,(H,43,47)(H,44,48)/t29-,30-/m0/s1. The highest BCUT2D eigenvalue weighted by Crippen LogP contribution is 2.29. The zero-order chi connectivity index (χ0) is 39.0. The Kier molecular flexibility index (Phi) is 14.1. The summed E-state index contributed by atoms with van der Waals surface area (Å²) in [6, 6.07) is 29.4. The number of carbonyl (C=O) groups is 2. The van der Waals surface area contributed by atoms with E-state index in [-0.39, 0.29) is 33.1 Å². The van der Waals surface area contributed by atoms with E-state index in [4.69, 9.17) is 24.4 Å². The van der Waals surface area contributed by atoms with Crippen molar-refractivity contribution in [1.82, 2.24) is 9.80 Å². The first kappa shape index (κ1) is 40.9. The van der Waals surface area contributed by atoms with Crippen LogP contribution in [0.5, 0.6) is 0 Å². The van der Waals surface area contributed by atoms with Gasteiger partial charge in [-0.05, 0) is 123 Å². The molecule has 4 aromatic rings. The lowest BCUT2D eigenvalue weighted by Crippen LogP contribution is -2.40. The number of anilines is 2. The molecule has 0 aromatic heterocycles. The lowest BCUT2D eigenvalue weighted by Gasteiger charge is -2.35. The van der Waals surface area contributed by atoms with E-state index in [0.717, 1.165) is 69.7 Å². The SMILES string of the molecule is C[C@H]1CCCCN1C(=S)SCC(=O)Nc1ccc(-c2ccc(S(=O)(=O)c3ccc(-c4ccc(NC(=O)CSC(=S)N5CCCC[C@@H]5C)cc4)cc3)cc2)cc1. The largest absolute Gasteiger partial charge is 0.355 e. The summed E-state index contributed by atoms with van der Waals surface area (Å²) < 4.78 is 28.6. The fourth-order valence-corrected chi connectivity index (χ4v) is 10.5. The maximum Gasteiger partial charge on any atom is 0.234 e. The van der Waals surface area contributed by atoms with E-state index in [1.807, 2.05) is 48.5 Å². The zero-order valence-electron chi connectivity index (χ0n) is 31.0. The number of sulfone groups is 1. The first-order valence-electron chi connectivity index (χ1n) is 18.6. The molecule has 0 unspecified atom stereocenters. The van der Waals surface area contributed by atoms with Gasteiger partial charge in [0, 0.05) is 36.5 Å². The summed E-state index contributed by atoms with van der Waals surface area (Å²) >= 11 is 14.0. The molecule has 2 aliphatic heterocycles. The molecule has 2 N–H and O–H groups in total. The van der Waals surface area contributed by atoms with Crippen molar-refractivity contribution in [2.45, 2.75) is 74.2 Å². The van der Waals surface area contributed by atoms with Crippen molar-refractivity contribution in [3.63, 3.8) is 0 Å². The van der Waals surface area contributed by atoms with Crippen LogP contribution in [0.15, 0.2) is 107 Å². The molecule has 0 spiro atoms. The lowest BCUT2D eigenvalue weighted by molar-refractivity contribution is -0.114. The second-order valence-electron chi connectivity index (χ2n) is 14.0. The second-order valence-corrected chi connectivity index (χ2v) is 19.2. The normalized spacial score (nSPS) is 17.3. The third kappa shape index (κ3) is 10.8. The van der Waals surface area contributed by atoms with Crippen LogP contribution in [0.2, 0.25) is 0 Å². The molecule has 2 saturated heterocycles. The zero-order valence-corrected chi connectivity index (χ0v) is 35.1. The van der Waals surface area contributed by atoms with Gasteiger partial charge in [-0.2, -0.15) is 0 Å². The summed E-state index contributed by atoms with van der Waals surface area (Å²) in [6.07, 6.45) is 6.96. The number of carbonyl (C=O) groups excluding carboxylic acids is 2. The van der Waals surface area contributed by atoms with Crippen molar-refractivity contribution >= 4 is 89.6 Å². The average molecular weight is 831 g/mol. The van der Waals surface area contributed by atoms with Crippen LogP contribution in [0.25, 0.3) is 22.3 Å². The maximum atomic E-state index is 13.5. The lowest BCUT2D eigenvalue weighted by atomic mass is 10.1. The van der Waals surface area contributed by atoms with Gasteiger partial charge in [-0.1, -0.05) is 96.5 Å². The molecule has 0 bridgehead atoms. The smallest absolute Gasteiger partial charge is 0.234 e. The molecular formula is C42H46N4O4S5. The van der Waals surface area contributed by atoms with E-state index in [9.17, 15) is 18.0 Å². The summed E-state index contributed by atoms with van der Waals surface area (Å²) in [4.78, 5) is 30.1. The van der Waals surface area contributed by atoms with Gasteiger partial charge in [-0.25, -0.2) is 8.42 Å². The van der Waals surface area contributed by atoms with Crippen LogP contribution < -0.4 is 10.6 Å². The molecule has 55 heavy (non-hydrogen) atoms. The van der Waals surface area contributed by atoms with Crippen LogP contribution in [0.1, 0.15) is 52.4 Å². The first-order chi connectivity index (χ1) is 26.5. The number of nitrogens with one attached hydrogen (secondary N) is 2. The molecular weight excluding hydrogens is 785 g/mol. The third-order valence-electron chi connectivity index (χ3n) is 10.1. The monoisotopic (exact) mass is 830 g/mol. The van der Waals surface area contributed by atoms with Crippen molar-refractivity contribution in [1.29, 1.82) is 0 Å². The Morgan fingerprint density at radius 1 is 0.582 bits per heavy atom. The number of hydrogen-bond donors (Lipinski definition) is 2. The van der Waals surface area contributed by atoms with Gasteiger partial charge in [0.25, 0.3) is 0 Å². The highest BCUT2D eigenvalue weighted by atomic mass is 32.2. The summed E-state index contributed by atoms with van der Waals surface area (Å²) in [5, 5.41) is 5.88. The summed E-state index contributed by atoms with van der Waals surface area (Å²) in [5.74, 6) is 0.288. The maximum absolute atomic E-state index is 13.5. The van der Waals surface area contributed by atoms with E-state index >= 15 is 0 Å². The second kappa shape index (κ2) is 18.9. The van der Waals surface area contributed by atoms with Crippen LogP contribution in [0.3, 0.4) is 0 Å². The van der Waals surface area contributed by atoms with Crippen LogP contribution in [-0.2, 0) is 19.4 Å². The fourth-order valence-electron chi connectivity index (χ4n) is 6.83. The molecule has 2 amide bonds. The Morgan fingerprint density at radius 2 is 0.909 bits per heavy atom. The van der Waals surface area contributed by atoms with Gasteiger partial charge in [-0.3, -0.25) is 9.59 Å². The highest BCUT2D eigenvalue weighted by molar-refractivity contribution is 8.23. The van der Waals surface area contributed by atoms with Crippen molar-refractivity contribution in [3.05, 3.63) is 97.1 Å². The predicted octanol–water partition coefficient (Wildman–Crippen LogP) is 9.52. The number of benzene rings is 4. The Bertz CT molecular complexity index is 1950. The Balaban J connectivity index is 0.989. The van der Waals surface area contributed by atoms with E-state index in [0.29, 0.717) is 23.5 Å². The van der Waals surface area contributed by atoms with E-state index in [1.54, 1.807) is 48.5 Å². The minimum Gasteiger partial charge on any atom is -0.355 e. The molecule has 13 heteroatoms. The summed E-state index contributed by atoms with van der Waals surface area (Å²) in [7, 11) is -3.74. The number of hydrogen-bond acceptors (Lipinski definition) is 8. The predicted molar refractivity (Wildman–Crippen MR) is 237 cm³/mol. The molecule has 2 atom stereocenters. The van der Waals surface area contributed by atoms with Crippen molar-refractivity contribution in [3.8, 4) is 22.3 Å². The van der Waals surface area contributed by atoms with Crippen molar-refractivity contribution < 1.29 is 18.0 Å². The average Bonchev–Trinajstić information content (AvgIpc) is 3.20. The number of nitrogens with zero attached hydrogens (tertiary/aromatic N) is 2. The third-order valence-corrected chi connectivity index (χ3v) is 14.8. The quantitative estimate of drug-likeness (QED) is 0.151. The molecule has 0 saturated carbocycles. The Hall–Kier alpha value is -3.75. The molecule has 6 rings (SSSR count). The number of rotatable bonds is 10. The number of thioether (sulfide) groups is 2. The minimum absolute atomic E-state index is 0.111. The number of piperidine rings is 2. The molecule has 2 fully saturated rings. The van der Waals surface area contributed by atoms with Gasteiger partial charge in [0.15, 0.2) is 0 Å². The topological polar surface area (TPSA) is 98.8 Å². The highest BCUT2D eigenvalue weighted by Gasteiger charge is 2.23. The van der Waals surface area contributed by atoms with Gasteiger partial charge in [0.2, 0.25) is 21.7 Å². The fraction of sp³-hybridized carbons (Fsp3) is 0.333. The molecule has 0 radical (unpaired) electrons. The number of thiocarbonyl (C=S) groups is 2. The Labute approximate surface area is 344 Å². The van der Waals surface area contributed by atoms with E-state index in [1.165, 1.54) is 36.4 Å². The van der Waals surface area contributed by atoms with Gasteiger partial charge in [0.1, 0.15) is 8.64 Å². The van der Waals surface area contributed by atoms with Crippen LogP contribution in [0.4, 0.5) is 11.4 Å². The molecule has 288 valence electrons. The van der Waals surface area contributed by atoms with Crippen LogP contribution in [0, 0.1) is 0 Å². The summed E-state index contributed by atoms with van der Waals surface area (Å²) in [6.45, 7) is 6.26. The van der Waals surface area contributed by atoms with E-state index in [2.05, 4.69) is 34.3 Å². The number of amides is 2. The van der Waals surface area contributed by atoms with E-state index < -0.39 is 9.84 Å². The van der Waals surface area contributed by atoms with Gasteiger partial charge >= 0.3 is 0 Å². The summed E-state index contributed by atoms with van der Waals surface area (Å²) in [5.41, 5.74) is 4.89. The minimum atomic E-state index is -3.74. The molecule has 8 nitrogen and oxygen atoms in total. The van der Waals surface area contributed by atoms with Gasteiger partial charge in [0.05, 0.1) is 21.3 Å². The van der Waals surface area contributed by atoms with Crippen molar-refractivity contribution in [2.24, 2.45) is 0 Å². The Morgan fingerprint density at radius 3 is 1.24 bits per heavy atom. The number of likely N-dealkylation sites (tertiary alicyclic amines) is 2. The molecule has 0 aliphatic carbocycles. The molecule has 2 heterocycles. The van der Waals surface area contributed by atoms with Crippen molar-refractivity contribution in [2.75, 3.05) is 35.2 Å². The van der Waals surface area contributed by atoms with Crippen LogP contribution >= 0.6 is 48.0 Å². The molecule has 2 aliphatic rings.